The molecule has 0 aliphatic heterocycles. The van der Waals surface area contributed by atoms with Gasteiger partial charge in [0, 0.05) is 104 Å². The van der Waals surface area contributed by atoms with Gasteiger partial charge in [0.2, 0.25) is 0 Å². The average Bonchev–Trinajstić information content (AvgIpc) is 3.98. The van der Waals surface area contributed by atoms with Crippen molar-refractivity contribution in [3.8, 4) is 0 Å². The minimum absolute atomic E-state index is 0.119. The molecule has 16 nitrogen and oxygen atoms in total. The number of hydrogen-bond donors (Lipinski definition) is 2. The number of fused-ring (bicyclic) bond motifs is 6. The van der Waals surface area contributed by atoms with Crippen LogP contribution >= 0.6 is 7.14 Å². The minimum Gasteiger partial charge on any atom is -0.384 e. The van der Waals surface area contributed by atoms with Gasteiger partial charge in [-0.1, -0.05) is 126 Å². The summed E-state index contributed by atoms with van der Waals surface area (Å²) in [7, 11) is -4.26. The average molecular weight is 1030 g/mol. The first-order chi connectivity index (χ1) is 36.0. The third-order valence-corrected chi connectivity index (χ3v) is 16.8. The molecule has 1 unspecified atom stereocenters. The first kappa shape index (κ1) is 51.5. The highest BCUT2D eigenvalue weighted by atomic mass is 31.2. The highest BCUT2D eigenvalue weighted by Gasteiger charge is 2.55. The SMILES string of the molecule is CC(=O)O/N=C(/c1ccc2c(c1)c1cc(N=O)ccc1n2CCCCCCn1c2ccc(/C(=N/OC(C)=O)C(O)(c3ccccc3)P(=O)(c3ccccc3)c3ccccc3)cc2c2cc([N+](=O)[O-])ccc21)C(C)(C)O. The van der Waals surface area contributed by atoms with Gasteiger partial charge in [-0.05, 0) is 86.0 Å². The van der Waals surface area contributed by atoms with Gasteiger partial charge in [0.15, 0.2) is 12.5 Å². The van der Waals surface area contributed by atoms with E-state index in [4.69, 9.17) is 9.68 Å². The molecule has 1 atom stereocenters. The Hall–Kier alpha value is -8.43. The van der Waals surface area contributed by atoms with Crippen molar-refractivity contribution < 1.29 is 39.0 Å². The Bertz CT molecular complexity index is 3730. The van der Waals surface area contributed by atoms with E-state index >= 15 is 4.57 Å². The summed E-state index contributed by atoms with van der Waals surface area (Å²) in [6.45, 7) is 6.70. The van der Waals surface area contributed by atoms with Crippen molar-refractivity contribution in [2.75, 3.05) is 0 Å². The molecular weight excluding hydrogens is 972 g/mol. The summed E-state index contributed by atoms with van der Waals surface area (Å²) in [5.74, 6) is -1.40. The Labute approximate surface area is 431 Å². The highest BCUT2D eigenvalue weighted by molar-refractivity contribution is 7.80. The molecule has 2 N–H and O–H groups in total. The van der Waals surface area contributed by atoms with Gasteiger partial charge in [0.25, 0.3) is 5.69 Å². The number of non-ortho nitro benzene ring substituents is 1. The lowest BCUT2D eigenvalue weighted by atomic mass is 9.94. The number of nitro groups is 1. The molecule has 7 aromatic carbocycles. The van der Waals surface area contributed by atoms with Crippen molar-refractivity contribution in [3.05, 3.63) is 196 Å². The summed E-state index contributed by atoms with van der Waals surface area (Å²) in [5, 5.41) is 49.4. The molecule has 17 heteroatoms. The van der Waals surface area contributed by atoms with Crippen molar-refractivity contribution in [3.63, 3.8) is 0 Å². The molecule has 75 heavy (non-hydrogen) atoms. The van der Waals surface area contributed by atoms with E-state index in [2.05, 4.69) is 24.6 Å². The Kier molecular flexibility index (Phi) is 14.5. The van der Waals surface area contributed by atoms with E-state index in [0.29, 0.717) is 40.0 Å². The summed E-state index contributed by atoms with van der Waals surface area (Å²) < 4.78 is 20.7. The van der Waals surface area contributed by atoms with E-state index in [1.807, 2.05) is 30.3 Å². The van der Waals surface area contributed by atoms with E-state index in [-0.39, 0.29) is 33.9 Å². The van der Waals surface area contributed by atoms with Crippen LogP contribution in [0.25, 0.3) is 43.6 Å². The van der Waals surface area contributed by atoms with Crippen molar-refractivity contribution in [2.24, 2.45) is 15.5 Å². The number of carbonyl (C=O) groups is 2. The van der Waals surface area contributed by atoms with Crippen LogP contribution in [0.1, 0.15) is 70.1 Å². The Balaban J connectivity index is 1.05. The molecule has 0 aliphatic carbocycles. The van der Waals surface area contributed by atoms with Crippen LogP contribution in [0.2, 0.25) is 0 Å². The molecule has 380 valence electrons. The molecule has 0 saturated carbocycles. The summed E-state index contributed by atoms with van der Waals surface area (Å²) in [6.07, 6.45) is 3.21. The van der Waals surface area contributed by atoms with Crippen LogP contribution in [0.15, 0.2) is 179 Å². The fraction of sp³-hybridized carbons (Fsp3) is 0.207. The quantitative estimate of drug-likeness (QED) is 0.0148. The van der Waals surface area contributed by atoms with Crippen LogP contribution in [0.4, 0.5) is 11.4 Å². The number of nitrogens with zero attached hydrogens (tertiary/aromatic N) is 6. The lowest BCUT2D eigenvalue weighted by Gasteiger charge is -2.38. The molecular formula is C58H53N6O10P. The molecule has 2 aromatic heterocycles. The number of benzene rings is 7. The van der Waals surface area contributed by atoms with E-state index in [1.54, 1.807) is 135 Å². The summed E-state index contributed by atoms with van der Waals surface area (Å²) in [6, 6.07) is 46.7. The highest BCUT2D eigenvalue weighted by Crippen LogP contribution is 2.61. The van der Waals surface area contributed by atoms with Crippen LogP contribution in [-0.4, -0.2) is 53.2 Å². The maximum absolute atomic E-state index is 16.4. The first-order valence-electron chi connectivity index (χ1n) is 24.4. The fourth-order valence-corrected chi connectivity index (χ4v) is 13.2. The molecule has 0 radical (unpaired) electrons. The molecule has 9 rings (SSSR count). The normalized spacial score (nSPS) is 13.3. The third kappa shape index (κ3) is 9.90. The van der Waals surface area contributed by atoms with Crippen LogP contribution in [-0.2, 0) is 42.3 Å². The van der Waals surface area contributed by atoms with Gasteiger partial charge in [0.05, 0.1) is 4.92 Å². The van der Waals surface area contributed by atoms with E-state index < -0.39 is 34.9 Å². The van der Waals surface area contributed by atoms with Gasteiger partial charge >= 0.3 is 11.9 Å². The lowest BCUT2D eigenvalue weighted by Crippen LogP contribution is -2.43. The predicted octanol–water partition coefficient (Wildman–Crippen LogP) is 11.6. The fourth-order valence-electron chi connectivity index (χ4n) is 10.0. The summed E-state index contributed by atoms with van der Waals surface area (Å²) >= 11 is 0. The Morgan fingerprint density at radius 3 is 1.48 bits per heavy atom. The number of aryl methyl sites for hydroxylation is 2. The van der Waals surface area contributed by atoms with Gasteiger partial charge in [-0.2, -0.15) is 0 Å². The van der Waals surface area contributed by atoms with Crippen LogP contribution in [0.5, 0.6) is 0 Å². The maximum atomic E-state index is 16.4. The number of aromatic nitrogens is 2. The maximum Gasteiger partial charge on any atom is 0.331 e. The Morgan fingerprint density at radius 2 is 1.01 bits per heavy atom. The van der Waals surface area contributed by atoms with Crippen molar-refractivity contribution in [1.29, 1.82) is 0 Å². The molecule has 0 saturated heterocycles. The number of nitro benzene ring substituents is 1. The van der Waals surface area contributed by atoms with Crippen molar-refractivity contribution >= 4 is 96.1 Å². The van der Waals surface area contributed by atoms with Gasteiger partial charge in [-0.15, -0.1) is 4.91 Å². The molecule has 0 amide bonds. The van der Waals surface area contributed by atoms with Gasteiger partial charge in [0.1, 0.15) is 22.7 Å². The monoisotopic (exact) mass is 1020 g/mol. The summed E-state index contributed by atoms with van der Waals surface area (Å²) in [4.78, 5) is 58.0. The number of hydrogen-bond acceptors (Lipinski definition) is 13. The third-order valence-electron chi connectivity index (χ3n) is 13.4. The zero-order valence-corrected chi connectivity index (χ0v) is 42.5. The van der Waals surface area contributed by atoms with Gasteiger partial charge in [-0.3, -0.25) is 10.1 Å². The van der Waals surface area contributed by atoms with Crippen molar-refractivity contribution in [1.82, 2.24) is 9.13 Å². The predicted molar refractivity (Wildman–Crippen MR) is 292 cm³/mol. The second kappa shape index (κ2) is 21.2. The largest absolute Gasteiger partial charge is 0.384 e. The molecule has 0 bridgehead atoms. The van der Waals surface area contributed by atoms with Crippen LogP contribution < -0.4 is 10.6 Å². The number of aliphatic hydroxyl groups is 2. The van der Waals surface area contributed by atoms with Gasteiger partial charge < -0.3 is 33.6 Å². The molecule has 0 spiro atoms. The first-order valence-corrected chi connectivity index (χ1v) is 26.1. The topological polar surface area (TPSA) is 217 Å². The number of unbranched alkanes of at least 4 members (excludes halogenated alkanes) is 3. The van der Waals surface area contributed by atoms with E-state index in [1.165, 1.54) is 26.0 Å². The zero-order chi connectivity index (χ0) is 53.1. The lowest BCUT2D eigenvalue weighted by molar-refractivity contribution is -0.384. The van der Waals surface area contributed by atoms with Crippen LogP contribution in [0, 0.1) is 15.0 Å². The minimum atomic E-state index is -4.26. The standard InChI is InChI=1S/C58H53N6O10P/c1-38(65)73-60-55(57(3,4)67)40-24-28-51-47(34-40)49-36-43(59-69)26-30-53(49)62(51)32-16-5-6-17-33-63-52-29-25-41(35-48(52)50-37-44(64(70)71)27-31-54(50)63)56(61-74-39(2)66)58(68,42-18-10-7-11-19-42)75(72,45-20-12-8-13-21-45)46-22-14-9-15-23-46/h7-15,18-31,34-37,67-68H,5-6,16-17,32-33H2,1-4H3/b60-55-,61-56-. The van der Waals surface area contributed by atoms with Crippen LogP contribution in [0.3, 0.4) is 0 Å². The van der Waals surface area contributed by atoms with Gasteiger partial charge in [-0.25, -0.2) is 9.59 Å². The second-order valence-electron chi connectivity index (χ2n) is 18.9. The smallest absolute Gasteiger partial charge is 0.331 e. The number of oxime groups is 2. The van der Waals surface area contributed by atoms with Crippen molar-refractivity contribution in [2.45, 2.75) is 77.4 Å². The van der Waals surface area contributed by atoms with E-state index in [0.717, 1.165) is 58.5 Å². The Morgan fingerprint density at radius 1 is 0.587 bits per heavy atom. The molecule has 2 heterocycles. The number of carbonyl (C=O) groups excluding carboxylic acids is 2. The summed E-state index contributed by atoms with van der Waals surface area (Å²) in [5.41, 5.74) is 2.96. The second-order valence-corrected chi connectivity index (χ2v) is 21.8. The number of rotatable bonds is 19. The molecule has 9 aromatic rings. The van der Waals surface area contributed by atoms with E-state index in [9.17, 15) is 34.8 Å². The molecule has 0 aliphatic rings. The zero-order valence-electron chi connectivity index (χ0n) is 41.6. The number of nitroso groups, excluding NO2 is 1. The molecule has 0 fully saturated rings.